The predicted octanol–water partition coefficient (Wildman–Crippen LogP) is 3.27. The van der Waals surface area contributed by atoms with Gasteiger partial charge in [0.1, 0.15) is 0 Å². The van der Waals surface area contributed by atoms with Crippen LogP contribution in [0.15, 0.2) is 0 Å². The number of hydrogen-bond acceptors (Lipinski definition) is 3. The molecule has 1 aliphatic heterocycles. The molecule has 0 bridgehead atoms. The Hall–Kier alpha value is 0.270. The molecular weight excluding hydrogens is 230 g/mol. The molecule has 0 aromatic carbocycles. The first-order chi connectivity index (χ1) is 8.15. The molecule has 0 aromatic heterocycles. The first-order valence-corrected chi connectivity index (χ1v) is 8.39. The maximum Gasteiger partial charge on any atom is 0.0599 e. The lowest BCUT2D eigenvalue weighted by molar-refractivity contribution is -0.00416. The van der Waals surface area contributed by atoms with E-state index >= 15 is 0 Å². The van der Waals surface area contributed by atoms with E-state index in [9.17, 15) is 0 Å². The largest absolute Gasteiger partial charge is 0.378 e. The molecule has 102 valence electrons. The van der Waals surface area contributed by atoms with Crippen LogP contribution in [0, 0.1) is 5.92 Å². The third-order valence-electron chi connectivity index (χ3n) is 3.86. The Morgan fingerprint density at radius 3 is 2.41 bits per heavy atom. The van der Waals surface area contributed by atoms with E-state index in [0.717, 1.165) is 12.5 Å². The van der Waals surface area contributed by atoms with Crippen molar-refractivity contribution in [3.05, 3.63) is 0 Å². The fraction of sp³-hybridized carbons (Fsp3) is 1.00. The van der Waals surface area contributed by atoms with Crippen molar-refractivity contribution in [2.75, 3.05) is 31.7 Å². The summed E-state index contributed by atoms with van der Waals surface area (Å²) in [7, 11) is 0. The van der Waals surface area contributed by atoms with Crippen LogP contribution in [0.3, 0.4) is 0 Å². The van der Waals surface area contributed by atoms with Gasteiger partial charge in [-0.3, -0.25) is 0 Å². The molecule has 1 fully saturated rings. The maximum absolute atomic E-state index is 5.93. The lowest BCUT2D eigenvalue weighted by atomic mass is 10.00. The molecule has 17 heavy (non-hydrogen) atoms. The molecule has 0 aromatic rings. The van der Waals surface area contributed by atoms with Crippen molar-refractivity contribution in [1.29, 1.82) is 0 Å². The second kappa shape index (κ2) is 8.39. The van der Waals surface area contributed by atoms with Gasteiger partial charge in [0.2, 0.25) is 0 Å². The molecule has 1 heterocycles. The Labute approximate surface area is 111 Å². The number of thioether (sulfide) groups is 1. The summed E-state index contributed by atoms with van der Waals surface area (Å²) in [6, 6.07) is 0.715. The smallest absolute Gasteiger partial charge is 0.0599 e. The summed E-state index contributed by atoms with van der Waals surface area (Å²) in [4.78, 5) is 2.62. The van der Waals surface area contributed by atoms with E-state index in [1.54, 1.807) is 0 Å². The highest BCUT2D eigenvalue weighted by atomic mass is 32.2. The van der Waals surface area contributed by atoms with Crippen LogP contribution in [0.25, 0.3) is 0 Å². The van der Waals surface area contributed by atoms with Crippen molar-refractivity contribution in [3.8, 4) is 0 Å². The SMILES string of the molecule is CSCCCOC1CCN([C@H](C)C(C)C)CC1. The maximum atomic E-state index is 5.93. The number of hydrogen-bond donors (Lipinski definition) is 0. The molecule has 3 heteroatoms. The van der Waals surface area contributed by atoms with Gasteiger partial charge < -0.3 is 9.64 Å². The zero-order valence-electron chi connectivity index (χ0n) is 11.9. The zero-order chi connectivity index (χ0) is 12.7. The van der Waals surface area contributed by atoms with Crippen LogP contribution in [0.4, 0.5) is 0 Å². The highest BCUT2D eigenvalue weighted by Crippen LogP contribution is 2.19. The zero-order valence-corrected chi connectivity index (χ0v) is 12.8. The molecule has 1 rings (SSSR count). The van der Waals surface area contributed by atoms with E-state index in [0.29, 0.717) is 12.1 Å². The van der Waals surface area contributed by atoms with Crippen LogP contribution in [0.1, 0.15) is 40.0 Å². The van der Waals surface area contributed by atoms with Crippen molar-refractivity contribution in [3.63, 3.8) is 0 Å². The van der Waals surface area contributed by atoms with Gasteiger partial charge in [0.15, 0.2) is 0 Å². The molecule has 0 saturated carbocycles. The quantitative estimate of drug-likeness (QED) is 0.651. The van der Waals surface area contributed by atoms with Crippen LogP contribution in [-0.2, 0) is 4.74 Å². The molecule has 0 unspecified atom stereocenters. The van der Waals surface area contributed by atoms with E-state index in [-0.39, 0.29) is 0 Å². The van der Waals surface area contributed by atoms with Gasteiger partial charge in [-0.1, -0.05) is 13.8 Å². The highest BCUT2D eigenvalue weighted by molar-refractivity contribution is 7.98. The van der Waals surface area contributed by atoms with Gasteiger partial charge in [-0.25, -0.2) is 0 Å². The fourth-order valence-corrected chi connectivity index (χ4v) is 2.73. The predicted molar refractivity (Wildman–Crippen MR) is 77.8 cm³/mol. The molecule has 2 nitrogen and oxygen atoms in total. The van der Waals surface area contributed by atoms with Gasteiger partial charge in [-0.15, -0.1) is 0 Å². The van der Waals surface area contributed by atoms with Crippen LogP contribution in [0.5, 0.6) is 0 Å². The van der Waals surface area contributed by atoms with Gasteiger partial charge in [0.25, 0.3) is 0 Å². The van der Waals surface area contributed by atoms with Gasteiger partial charge >= 0.3 is 0 Å². The molecular formula is C14H29NOS. The summed E-state index contributed by atoms with van der Waals surface area (Å²) in [6.45, 7) is 10.4. The van der Waals surface area contributed by atoms with E-state index in [1.165, 1.54) is 38.1 Å². The third kappa shape index (κ3) is 5.62. The topological polar surface area (TPSA) is 12.5 Å². The molecule has 1 atom stereocenters. The van der Waals surface area contributed by atoms with Crippen molar-refractivity contribution in [1.82, 2.24) is 4.90 Å². The number of nitrogens with zero attached hydrogens (tertiary/aromatic N) is 1. The Morgan fingerprint density at radius 1 is 1.24 bits per heavy atom. The minimum Gasteiger partial charge on any atom is -0.378 e. The number of rotatable bonds is 7. The van der Waals surface area contributed by atoms with Gasteiger partial charge in [-0.2, -0.15) is 11.8 Å². The molecule has 0 amide bonds. The first-order valence-electron chi connectivity index (χ1n) is 6.99. The lowest BCUT2D eigenvalue weighted by Crippen LogP contribution is -2.44. The van der Waals surface area contributed by atoms with Gasteiger partial charge in [0.05, 0.1) is 6.10 Å². The molecule has 0 radical (unpaired) electrons. The Balaban J connectivity index is 2.13. The van der Waals surface area contributed by atoms with Crippen LogP contribution < -0.4 is 0 Å². The normalized spacial score (nSPS) is 21.0. The van der Waals surface area contributed by atoms with Crippen molar-refractivity contribution >= 4 is 11.8 Å². The van der Waals surface area contributed by atoms with E-state index in [4.69, 9.17) is 4.74 Å². The summed E-state index contributed by atoms with van der Waals surface area (Å²) < 4.78 is 5.93. The van der Waals surface area contributed by atoms with E-state index in [1.807, 2.05) is 11.8 Å². The summed E-state index contributed by atoms with van der Waals surface area (Å²) in [5, 5.41) is 0. The number of piperidine rings is 1. The lowest BCUT2D eigenvalue weighted by Gasteiger charge is -2.37. The number of ether oxygens (including phenoxy) is 1. The summed E-state index contributed by atoms with van der Waals surface area (Å²) in [6.07, 6.45) is 6.31. The third-order valence-corrected chi connectivity index (χ3v) is 4.56. The molecule has 1 saturated heterocycles. The van der Waals surface area contributed by atoms with Gasteiger partial charge in [-0.05, 0) is 44.1 Å². The van der Waals surface area contributed by atoms with Crippen molar-refractivity contribution in [2.45, 2.75) is 52.2 Å². The fourth-order valence-electron chi connectivity index (χ4n) is 2.32. The molecule has 0 N–H and O–H groups in total. The molecule has 0 aliphatic carbocycles. The monoisotopic (exact) mass is 259 g/mol. The van der Waals surface area contributed by atoms with Crippen LogP contribution >= 0.6 is 11.8 Å². The summed E-state index contributed by atoms with van der Waals surface area (Å²) in [5.41, 5.74) is 0. The Bertz CT molecular complexity index is 191. The Morgan fingerprint density at radius 2 is 1.88 bits per heavy atom. The average molecular weight is 259 g/mol. The number of likely N-dealkylation sites (tertiary alicyclic amines) is 1. The van der Waals surface area contributed by atoms with Crippen molar-refractivity contribution in [2.24, 2.45) is 5.92 Å². The second-order valence-electron chi connectivity index (χ2n) is 5.44. The summed E-state index contributed by atoms with van der Waals surface area (Å²) >= 11 is 1.91. The van der Waals surface area contributed by atoms with E-state index < -0.39 is 0 Å². The minimum absolute atomic E-state index is 0.521. The van der Waals surface area contributed by atoms with Crippen LogP contribution in [0.2, 0.25) is 0 Å². The average Bonchev–Trinajstić information content (AvgIpc) is 2.34. The van der Waals surface area contributed by atoms with E-state index in [2.05, 4.69) is 31.9 Å². The molecule has 0 spiro atoms. The van der Waals surface area contributed by atoms with Crippen LogP contribution in [-0.4, -0.2) is 48.8 Å². The summed E-state index contributed by atoms with van der Waals surface area (Å²) in [5.74, 6) is 1.98. The van der Waals surface area contributed by atoms with Crippen molar-refractivity contribution < 1.29 is 4.74 Å². The van der Waals surface area contributed by atoms with Gasteiger partial charge in [0, 0.05) is 25.7 Å². The Kier molecular flexibility index (Phi) is 7.56. The standard InChI is InChI=1S/C14H29NOS/c1-12(2)13(3)15-8-6-14(7-9-15)16-10-5-11-17-4/h12-14H,5-11H2,1-4H3/t13-/m1/s1. The minimum atomic E-state index is 0.521. The second-order valence-corrected chi connectivity index (χ2v) is 6.42. The first kappa shape index (κ1) is 15.3. The highest BCUT2D eigenvalue weighted by Gasteiger charge is 2.24. The molecule has 1 aliphatic rings.